The monoisotopic (exact) mass is 459 g/mol. The van der Waals surface area contributed by atoms with Crippen molar-refractivity contribution in [2.24, 2.45) is 5.92 Å². The third-order valence-corrected chi connectivity index (χ3v) is 7.35. The number of carbonyl (C=O) groups is 1. The number of hydrogen-bond acceptors (Lipinski definition) is 3. The van der Waals surface area contributed by atoms with Crippen molar-refractivity contribution in [1.29, 1.82) is 0 Å². The van der Waals surface area contributed by atoms with Crippen LogP contribution in [0.5, 0.6) is 5.75 Å². The highest BCUT2D eigenvalue weighted by Gasteiger charge is 2.24. The molecule has 4 rings (SSSR count). The molecule has 3 aromatic rings. The van der Waals surface area contributed by atoms with E-state index in [1.54, 1.807) is 11.8 Å². The largest absolute Gasteiger partial charge is 0.494 e. The SMILES string of the molecule is CCOc1ccc(C(=O)N2CCC(Cc3ccccc3)CC2)cc1CSc1ccc(C)cc1. The fourth-order valence-corrected chi connectivity index (χ4v) is 5.26. The Morgan fingerprint density at radius 1 is 1.00 bits per heavy atom. The molecule has 0 bridgehead atoms. The van der Waals surface area contributed by atoms with Crippen LogP contribution in [-0.4, -0.2) is 30.5 Å². The zero-order chi connectivity index (χ0) is 23.0. The van der Waals surface area contributed by atoms with Crippen molar-refractivity contribution >= 4 is 17.7 Å². The molecule has 1 aliphatic rings. The van der Waals surface area contributed by atoms with Crippen molar-refractivity contribution in [1.82, 2.24) is 4.90 Å². The van der Waals surface area contributed by atoms with E-state index < -0.39 is 0 Å². The lowest BCUT2D eigenvalue weighted by atomic mass is 9.90. The Morgan fingerprint density at radius 2 is 1.73 bits per heavy atom. The van der Waals surface area contributed by atoms with Gasteiger partial charge in [0.25, 0.3) is 5.91 Å². The van der Waals surface area contributed by atoms with Crippen LogP contribution in [0, 0.1) is 12.8 Å². The van der Waals surface area contributed by atoms with Gasteiger partial charge in [-0.1, -0.05) is 48.0 Å². The van der Waals surface area contributed by atoms with Gasteiger partial charge in [-0.3, -0.25) is 4.79 Å². The Labute approximate surface area is 202 Å². The smallest absolute Gasteiger partial charge is 0.253 e. The van der Waals surface area contributed by atoms with Crippen LogP contribution in [0.15, 0.2) is 77.7 Å². The van der Waals surface area contributed by atoms with Crippen LogP contribution in [0.4, 0.5) is 0 Å². The quantitative estimate of drug-likeness (QED) is 0.348. The van der Waals surface area contributed by atoms with Gasteiger partial charge in [-0.25, -0.2) is 0 Å². The number of aryl methyl sites for hydroxylation is 1. The maximum Gasteiger partial charge on any atom is 0.253 e. The highest BCUT2D eigenvalue weighted by molar-refractivity contribution is 7.98. The lowest BCUT2D eigenvalue weighted by Gasteiger charge is -2.32. The fraction of sp³-hybridized carbons (Fsp3) is 0.345. The summed E-state index contributed by atoms with van der Waals surface area (Å²) in [6.45, 7) is 6.37. The second kappa shape index (κ2) is 11.4. The molecule has 0 aromatic heterocycles. The minimum atomic E-state index is 0.137. The number of rotatable bonds is 8. The Balaban J connectivity index is 1.39. The molecule has 0 radical (unpaired) electrons. The Kier molecular flexibility index (Phi) is 8.11. The van der Waals surface area contributed by atoms with Crippen molar-refractivity contribution < 1.29 is 9.53 Å². The molecule has 1 amide bonds. The molecular formula is C29H33NO2S. The van der Waals surface area contributed by atoms with Gasteiger partial charge in [-0.05, 0) is 74.9 Å². The Bertz CT molecular complexity index is 1040. The first-order valence-electron chi connectivity index (χ1n) is 11.9. The van der Waals surface area contributed by atoms with E-state index in [1.165, 1.54) is 16.0 Å². The van der Waals surface area contributed by atoms with Crippen molar-refractivity contribution in [3.8, 4) is 5.75 Å². The van der Waals surface area contributed by atoms with Crippen LogP contribution in [-0.2, 0) is 12.2 Å². The average Bonchev–Trinajstić information content (AvgIpc) is 2.85. The first-order chi connectivity index (χ1) is 16.1. The van der Waals surface area contributed by atoms with E-state index in [0.717, 1.165) is 55.0 Å². The van der Waals surface area contributed by atoms with E-state index in [4.69, 9.17) is 4.74 Å². The number of hydrogen-bond donors (Lipinski definition) is 0. The summed E-state index contributed by atoms with van der Waals surface area (Å²) in [5, 5.41) is 0. The molecule has 0 saturated carbocycles. The normalized spacial score (nSPS) is 14.3. The van der Waals surface area contributed by atoms with Gasteiger partial charge in [0.1, 0.15) is 5.75 Å². The number of ether oxygens (including phenoxy) is 1. The molecule has 1 saturated heterocycles. The van der Waals surface area contributed by atoms with Gasteiger partial charge in [0.15, 0.2) is 0 Å². The molecule has 172 valence electrons. The predicted molar refractivity (Wildman–Crippen MR) is 137 cm³/mol. The lowest BCUT2D eigenvalue weighted by molar-refractivity contribution is 0.0690. The summed E-state index contributed by atoms with van der Waals surface area (Å²) in [7, 11) is 0. The number of nitrogens with zero attached hydrogens (tertiary/aromatic N) is 1. The minimum Gasteiger partial charge on any atom is -0.494 e. The van der Waals surface area contributed by atoms with Crippen molar-refractivity contribution in [3.05, 3.63) is 95.1 Å². The van der Waals surface area contributed by atoms with Gasteiger partial charge in [-0.15, -0.1) is 11.8 Å². The third-order valence-electron chi connectivity index (χ3n) is 6.29. The molecule has 3 nitrogen and oxygen atoms in total. The second-order valence-electron chi connectivity index (χ2n) is 8.78. The van der Waals surface area contributed by atoms with E-state index in [0.29, 0.717) is 12.5 Å². The summed E-state index contributed by atoms with van der Waals surface area (Å²) in [5.74, 6) is 2.44. The molecule has 3 aromatic carbocycles. The van der Waals surface area contributed by atoms with E-state index >= 15 is 0 Å². The van der Waals surface area contributed by atoms with Crippen LogP contribution in [0.25, 0.3) is 0 Å². The predicted octanol–water partition coefficient (Wildman–Crippen LogP) is 6.78. The van der Waals surface area contributed by atoms with E-state index in [9.17, 15) is 4.79 Å². The van der Waals surface area contributed by atoms with Crippen molar-refractivity contribution in [3.63, 3.8) is 0 Å². The molecule has 1 aliphatic heterocycles. The standard InChI is InChI=1S/C29H33NO2S/c1-3-32-28-14-11-25(20-26(28)21-33-27-12-9-22(2)10-13-27)29(31)30-17-15-24(16-18-30)19-23-7-5-4-6-8-23/h4-14,20,24H,3,15-19,21H2,1-2H3. The van der Waals surface area contributed by atoms with Gasteiger partial charge in [-0.2, -0.15) is 0 Å². The Morgan fingerprint density at radius 3 is 2.42 bits per heavy atom. The molecular weight excluding hydrogens is 426 g/mol. The fourth-order valence-electron chi connectivity index (χ4n) is 4.39. The van der Waals surface area contributed by atoms with Gasteiger partial charge < -0.3 is 9.64 Å². The number of piperidine rings is 1. The van der Waals surface area contributed by atoms with Gasteiger partial charge in [0, 0.05) is 34.9 Å². The van der Waals surface area contributed by atoms with E-state index in [1.807, 2.05) is 30.0 Å². The lowest BCUT2D eigenvalue weighted by Crippen LogP contribution is -2.39. The molecule has 0 unspecified atom stereocenters. The van der Waals surface area contributed by atoms with Crippen LogP contribution in [0.2, 0.25) is 0 Å². The molecule has 1 fully saturated rings. The molecule has 0 atom stereocenters. The van der Waals surface area contributed by atoms with Gasteiger partial charge in [0.2, 0.25) is 0 Å². The van der Waals surface area contributed by atoms with Crippen LogP contribution in [0.3, 0.4) is 0 Å². The van der Waals surface area contributed by atoms with Gasteiger partial charge >= 0.3 is 0 Å². The molecule has 4 heteroatoms. The van der Waals surface area contributed by atoms with Gasteiger partial charge in [0.05, 0.1) is 6.61 Å². The summed E-state index contributed by atoms with van der Waals surface area (Å²) in [4.78, 5) is 16.5. The van der Waals surface area contributed by atoms with Crippen LogP contribution in [0.1, 0.15) is 46.8 Å². The number of benzene rings is 3. The molecule has 0 aliphatic carbocycles. The maximum atomic E-state index is 13.3. The number of amides is 1. The highest BCUT2D eigenvalue weighted by atomic mass is 32.2. The minimum absolute atomic E-state index is 0.137. The molecule has 0 spiro atoms. The topological polar surface area (TPSA) is 29.5 Å². The van der Waals surface area contributed by atoms with E-state index in [2.05, 4.69) is 61.5 Å². The van der Waals surface area contributed by atoms with E-state index in [-0.39, 0.29) is 5.91 Å². The third kappa shape index (κ3) is 6.42. The summed E-state index contributed by atoms with van der Waals surface area (Å²) in [6, 6.07) is 25.2. The second-order valence-corrected chi connectivity index (χ2v) is 9.83. The summed E-state index contributed by atoms with van der Waals surface area (Å²) < 4.78 is 5.86. The average molecular weight is 460 g/mol. The zero-order valence-electron chi connectivity index (χ0n) is 19.6. The number of thioether (sulfide) groups is 1. The first kappa shape index (κ1) is 23.4. The van der Waals surface area contributed by atoms with Crippen LogP contribution >= 0.6 is 11.8 Å². The molecule has 1 heterocycles. The number of carbonyl (C=O) groups excluding carboxylic acids is 1. The highest BCUT2D eigenvalue weighted by Crippen LogP contribution is 2.30. The first-order valence-corrected chi connectivity index (χ1v) is 12.9. The van der Waals surface area contributed by atoms with Crippen molar-refractivity contribution in [2.45, 2.75) is 43.8 Å². The van der Waals surface area contributed by atoms with Crippen molar-refractivity contribution in [2.75, 3.05) is 19.7 Å². The maximum absolute atomic E-state index is 13.3. The summed E-state index contributed by atoms with van der Waals surface area (Å²) in [6.07, 6.45) is 3.23. The number of likely N-dealkylation sites (tertiary alicyclic amines) is 1. The summed E-state index contributed by atoms with van der Waals surface area (Å²) >= 11 is 1.77. The molecule has 33 heavy (non-hydrogen) atoms. The Hall–Kier alpha value is -2.72. The zero-order valence-corrected chi connectivity index (χ0v) is 20.4. The molecule has 0 N–H and O–H groups in total. The van der Waals surface area contributed by atoms with Crippen LogP contribution < -0.4 is 4.74 Å². The summed E-state index contributed by atoms with van der Waals surface area (Å²) in [5.41, 5.74) is 4.49.